The molecule has 2 aromatic carbocycles. The van der Waals surface area contributed by atoms with Gasteiger partial charge in [0, 0.05) is 18.1 Å². The molecule has 0 aliphatic heterocycles. The molecule has 31 heavy (non-hydrogen) atoms. The van der Waals surface area contributed by atoms with Crippen molar-refractivity contribution >= 4 is 35.0 Å². The highest BCUT2D eigenvalue weighted by Gasteiger charge is 2.19. The van der Waals surface area contributed by atoms with E-state index in [1.54, 1.807) is 11.8 Å². The van der Waals surface area contributed by atoms with Crippen LogP contribution in [0.1, 0.15) is 0 Å². The molecule has 4 rings (SSSR count). The minimum atomic E-state index is -0.544. The van der Waals surface area contributed by atoms with Gasteiger partial charge in [0.05, 0.1) is 23.4 Å². The number of aromatic nitrogens is 4. The Labute approximate surface area is 186 Å². The van der Waals surface area contributed by atoms with E-state index < -0.39 is 5.82 Å². The molecule has 1 amide bonds. The SMILES string of the molecule is COc1ccccc1-c1nnc(SCC(=O)Nc2ccc(F)c(Cl)c2)n1-n1cccc1. The molecule has 2 heterocycles. The Kier molecular flexibility index (Phi) is 6.24. The Morgan fingerprint density at radius 3 is 2.68 bits per heavy atom. The molecule has 0 fully saturated rings. The van der Waals surface area contributed by atoms with Crippen molar-refractivity contribution in [3.8, 4) is 17.1 Å². The maximum atomic E-state index is 13.3. The zero-order valence-corrected chi connectivity index (χ0v) is 17.9. The van der Waals surface area contributed by atoms with Gasteiger partial charge in [-0.1, -0.05) is 35.5 Å². The summed E-state index contributed by atoms with van der Waals surface area (Å²) in [6.45, 7) is 0. The summed E-state index contributed by atoms with van der Waals surface area (Å²) in [6.07, 6.45) is 3.71. The smallest absolute Gasteiger partial charge is 0.234 e. The molecular formula is C21H17ClFN5O2S. The molecule has 1 N–H and O–H groups in total. The van der Waals surface area contributed by atoms with Gasteiger partial charge in [-0.05, 0) is 42.5 Å². The zero-order chi connectivity index (χ0) is 21.8. The van der Waals surface area contributed by atoms with Crippen LogP contribution in [0, 0.1) is 5.82 Å². The quantitative estimate of drug-likeness (QED) is 0.411. The minimum Gasteiger partial charge on any atom is -0.496 e. The van der Waals surface area contributed by atoms with Crippen molar-refractivity contribution in [3.05, 3.63) is 77.8 Å². The van der Waals surface area contributed by atoms with Gasteiger partial charge in [0.1, 0.15) is 11.6 Å². The summed E-state index contributed by atoms with van der Waals surface area (Å²) in [5, 5.41) is 11.8. The Hall–Kier alpha value is -3.30. The Balaban J connectivity index is 1.58. The number of ether oxygens (including phenoxy) is 1. The first-order valence-corrected chi connectivity index (χ1v) is 10.5. The second-order valence-corrected chi connectivity index (χ2v) is 7.70. The van der Waals surface area contributed by atoms with E-state index in [0.29, 0.717) is 22.4 Å². The van der Waals surface area contributed by atoms with Gasteiger partial charge in [0.15, 0.2) is 5.82 Å². The van der Waals surface area contributed by atoms with Gasteiger partial charge in [-0.25, -0.2) is 9.07 Å². The molecule has 158 valence electrons. The van der Waals surface area contributed by atoms with E-state index in [4.69, 9.17) is 16.3 Å². The van der Waals surface area contributed by atoms with Crippen LogP contribution in [0.3, 0.4) is 0 Å². The van der Waals surface area contributed by atoms with Crippen molar-refractivity contribution in [3.63, 3.8) is 0 Å². The molecule has 0 aliphatic carbocycles. The summed E-state index contributed by atoms with van der Waals surface area (Å²) in [7, 11) is 1.59. The summed E-state index contributed by atoms with van der Waals surface area (Å²) in [5.74, 6) is 0.472. The van der Waals surface area contributed by atoms with Gasteiger partial charge >= 0.3 is 0 Å². The van der Waals surface area contributed by atoms with Gasteiger partial charge < -0.3 is 10.1 Å². The predicted molar refractivity (Wildman–Crippen MR) is 118 cm³/mol. The first-order valence-electron chi connectivity index (χ1n) is 9.17. The molecule has 0 radical (unpaired) electrons. The van der Waals surface area contributed by atoms with Crippen molar-refractivity contribution in [2.45, 2.75) is 5.16 Å². The van der Waals surface area contributed by atoms with Crippen LogP contribution in [0.25, 0.3) is 11.4 Å². The number of nitrogens with one attached hydrogen (secondary N) is 1. The number of halogens is 2. The van der Waals surface area contributed by atoms with Gasteiger partial charge in [0.2, 0.25) is 11.1 Å². The molecule has 0 saturated carbocycles. The largest absolute Gasteiger partial charge is 0.496 e. The summed E-state index contributed by atoms with van der Waals surface area (Å²) in [5.41, 5.74) is 1.18. The molecule has 10 heteroatoms. The third-order valence-corrected chi connectivity index (χ3v) is 5.52. The van der Waals surface area contributed by atoms with E-state index in [0.717, 1.165) is 5.56 Å². The van der Waals surface area contributed by atoms with E-state index >= 15 is 0 Å². The van der Waals surface area contributed by atoms with Gasteiger partial charge in [-0.2, -0.15) is 0 Å². The van der Waals surface area contributed by atoms with E-state index in [1.165, 1.54) is 30.0 Å². The summed E-state index contributed by atoms with van der Waals surface area (Å²) in [4.78, 5) is 12.4. The van der Waals surface area contributed by atoms with Crippen molar-refractivity contribution in [2.75, 3.05) is 18.2 Å². The number of anilines is 1. The molecule has 4 aromatic rings. The summed E-state index contributed by atoms with van der Waals surface area (Å²) < 4.78 is 22.4. The number of benzene rings is 2. The van der Waals surface area contributed by atoms with Gasteiger partial charge in [-0.15, -0.1) is 10.2 Å². The third kappa shape index (κ3) is 4.57. The van der Waals surface area contributed by atoms with Crippen molar-refractivity contribution in [1.29, 1.82) is 0 Å². The number of nitrogens with zero attached hydrogens (tertiary/aromatic N) is 4. The van der Waals surface area contributed by atoms with Crippen LogP contribution in [-0.4, -0.2) is 38.3 Å². The Morgan fingerprint density at radius 2 is 1.94 bits per heavy atom. The first kappa shape index (κ1) is 21.0. The highest BCUT2D eigenvalue weighted by Crippen LogP contribution is 2.31. The van der Waals surface area contributed by atoms with Crippen LogP contribution >= 0.6 is 23.4 Å². The lowest BCUT2D eigenvalue weighted by atomic mass is 10.2. The second kappa shape index (κ2) is 9.23. The van der Waals surface area contributed by atoms with E-state index in [-0.39, 0.29) is 16.7 Å². The molecule has 2 aromatic heterocycles. The summed E-state index contributed by atoms with van der Waals surface area (Å²) >= 11 is 6.99. The molecule has 0 aliphatic rings. The lowest BCUT2D eigenvalue weighted by Crippen LogP contribution is -2.16. The Bertz CT molecular complexity index is 1210. The number of para-hydroxylation sites is 1. The lowest BCUT2D eigenvalue weighted by molar-refractivity contribution is -0.113. The standard InChI is InChI=1S/C21H17ClFN5O2S/c1-30-18-7-3-2-6-15(18)20-25-26-21(28(20)27-10-4-5-11-27)31-13-19(29)24-14-8-9-17(23)16(22)12-14/h2-12H,13H2,1H3,(H,24,29). The van der Waals surface area contributed by atoms with Crippen LogP contribution in [-0.2, 0) is 4.79 Å². The van der Waals surface area contributed by atoms with Crippen molar-refractivity contribution in [2.24, 2.45) is 0 Å². The van der Waals surface area contributed by atoms with E-state index in [2.05, 4.69) is 15.5 Å². The Morgan fingerprint density at radius 1 is 1.16 bits per heavy atom. The van der Waals surface area contributed by atoms with Crippen LogP contribution in [0.4, 0.5) is 10.1 Å². The number of hydrogen-bond acceptors (Lipinski definition) is 5. The maximum Gasteiger partial charge on any atom is 0.234 e. The van der Waals surface area contributed by atoms with E-state index in [9.17, 15) is 9.18 Å². The minimum absolute atomic E-state index is 0.0562. The number of carbonyl (C=O) groups excluding carboxylic acids is 1. The van der Waals surface area contributed by atoms with E-state index in [1.807, 2.05) is 53.5 Å². The van der Waals surface area contributed by atoms with Crippen molar-refractivity contribution in [1.82, 2.24) is 19.5 Å². The molecule has 7 nitrogen and oxygen atoms in total. The first-order chi connectivity index (χ1) is 15.1. The monoisotopic (exact) mass is 457 g/mol. The lowest BCUT2D eigenvalue weighted by Gasteiger charge is -2.13. The average molecular weight is 458 g/mol. The number of amides is 1. The molecule has 0 atom stereocenters. The van der Waals surface area contributed by atoms with Crippen molar-refractivity contribution < 1.29 is 13.9 Å². The van der Waals surface area contributed by atoms with Crippen LogP contribution in [0.5, 0.6) is 5.75 Å². The highest BCUT2D eigenvalue weighted by atomic mass is 35.5. The topological polar surface area (TPSA) is 74.0 Å². The molecular weight excluding hydrogens is 441 g/mol. The number of thioether (sulfide) groups is 1. The molecule has 0 saturated heterocycles. The fraction of sp³-hybridized carbons (Fsp3) is 0.0952. The zero-order valence-electron chi connectivity index (χ0n) is 16.3. The highest BCUT2D eigenvalue weighted by molar-refractivity contribution is 7.99. The van der Waals surface area contributed by atoms with Gasteiger partial charge in [0.25, 0.3) is 0 Å². The van der Waals surface area contributed by atoms with Crippen LogP contribution in [0.2, 0.25) is 5.02 Å². The fourth-order valence-corrected chi connectivity index (χ4v) is 3.84. The number of carbonyl (C=O) groups is 1. The van der Waals surface area contributed by atoms with Crippen LogP contribution < -0.4 is 10.1 Å². The number of methoxy groups -OCH3 is 1. The normalized spacial score (nSPS) is 10.8. The third-order valence-electron chi connectivity index (χ3n) is 4.32. The second-order valence-electron chi connectivity index (χ2n) is 6.35. The fourth-order valence-electron chi connectivity index (χ4n) is 2.92. The average Bonchev–Trinajstić information content (AvgIpc) is 3.44. The molecule has 0 bridgehead atoms. The maximum absolute atomic E-state index is 13.3. The number of rotatable bonds is 7. The predicted octanol–water partition coefficient (Wildman–Crippen LogP) is 4.59. The number of hydrogen-bond donors (Lipinski definition) is 1. The molecule has 0 spiro atoms. The van der Waals surface area contributed by atoms with Crippen LogP contribution in [0.15, 0.2) is 72.1 Å². The summed E-state index contributed by atoms with van der Waals surface area (Å²) in [6, 6.07) is 15.3. The molecule has 0 unspecified atom stereocenters. The van der Waals surface area contributed by atoms with Gasteiger partial charge in [-0.3, -0.25) is 9.47 Å².